The fourth-order valence-electron chi connectivity index (χ4n) is 2.65. The number of allylic oxidation sites excluding steroid dienone is 5. The van der Waals surface area contributed by atoms with Crippen molar-refractivity contribution in [2.45, 2.75) is 45.0 Å². The van der Waals surface area contributed by atoms with Crippen LogP contribution in [0.3, 0.4) is 0 Å². The van der Waals surface area contributed by atoms with E-state index in [-0.39, 0.29) is 12.4 Å². The Morgan fingerprint density at radius 3 is 2.67 bits per heavy atom. The van der Waals surface area contributed by atoms with Gasteiger partial charge in [0.1, 0.15) is 12.2 Å². The number of rotatable bonds is 5. The van der Waals surface area contributed by atoms with Crippen molar-refractivity contribution in [3.63, 3.8) is 0 Å². The summed E-state index contributed by atoms with van der Waals surface area (Å²) in [6.45, 7) is 5.44. The topological polar surface area (TPSA) is 70.1 Å². The van der Waals surface area contributed by atoms with Crippen LogP contribution in [0.15, 0.2) is 47.1 Å². The molecule has 2 aliphatic rings. The van der Waals surface area contributed by atoms with E-state index in [0.29, 0.717) is 17.6 Å². The molecule has 1 aliphatic carbocycles. The maximum absolute atomic E-state index is 12.7. The van der Waals surface area contributed by atoms with Crippen LogP contribution >= 0.6 is 0 Å². The molecule has 2 rings (SSSR count). The number of Topliss-reactive ketones (excluding diaryl/α,β-unsaturated/α-hetero) is 1. The van der Waals surface area contributed by atoms with Gasteiger partial charge in [0.15, 0.2) is 11.4 Å². The van der Waals surface area contributed by atoms with E-state index in [1.165, 1.54) is 0 Å². The highest BCUT2D eigenvalue weighted by molar-refractivity contribution is 6.08. The maximum atomic E-state index is 12.7. The third kappa shape index (κ3) is 2.79. The Balaban J connectivity index is 2.36. The normalized spacial score (nSPS) is 32.0. The average Bonchev–Trinajstić information content (AvgIpc) is 3.19. The Hall–Kier alpha value is -1.49. The predicted octanol–water partition coefficient (Wildman–Crippen LogP) is 1.85. The Labute approximate surface area is 125 Å². The first-order valence-electron chi connectivity index (χ1n) is 7.15. The average molecular weight is 290 g/mol. The van der Waals surface area contributed by atoms with Gasteiger partial charge in [0.05, 0.1) is 6.61 Å². The lowest BCUT2D eigenvalue weighted by molar-refractivity contribution is -0.120. The van der Waals surface area contributed by atoms with Crippen LogP contribution in [0.1, 0.15) is 27.2 Å². The number of hydrogen-bond acceptors (Lipinski definition) is 4. The number of epoxide rings is 1. The summed E-state index contributed by atoms with van der Waals surface area (Å²) < 4.78 is 5.56. The highest BCUT2D eigenvalue weighted by Crippen LogP contribution is 2.50. The Kier molecular flexibility index (Phi) is 4.61. The van der Waals surface area contributed by atoms with Gasteiger partial charge in [0, 0.05) is 12.0 Å². The number of aliphatic hydroxyl groups excluding tert-OH is 2. The minimum Gasteiger partial charge on any atom is -0.392 e. The molecule has 1 fully saturated rings. The van der Waals surface area contributed by atoms with Crippen molar-refractivity contribution < 1.29 is 19.7 Å². The third-order valence-corrected chi connectivity index (χ3v) is 3.91. The van der Waals surface area contributed by atoms with Crippen molar-refractivity contribution in [3.8, 4) is 0 Å². The summed E-state index contributed by atoms with van der Waals surface area (Å²) in [6, 6.07) is 0. The Morgan fingerprint density at radius 2 is 2.10 bits per heavy atom. The maximum Gasteiger partial charge on any atom is 0.197 e. The molecule has 1 heterocycles. The zero-order valence-electron chi connectivity index (χ0n) is 12.7. The molecule has 2 N–H and O–H groups in total. The molecule has 21 heavy (non-hydrogen) atoms. The largest absolute Gasteiger partial charge is 0.392 e. The van der Waals surface area contributed by atoms with Crippen LogP contribution in [0.4, 0.5) is 0 Å². The van der Waals surface area contributed by atoms with Gasteiger partial charge in [-0.3, -0.25) is 4.79 Å². The summed E-state index contributed by atoms with van der Waals surface area (Å²) in [4.78, 5) is 12.7. The molecule has 0 amide bonds. The zero-order valence-corrected chi connectivity index (χ0v) is 12.7. The van der Waals surface area contributed by atoms with Gasteiger partial charge in [0.2, 0.25) is 0 Å². The molecule has 0 radical (unpaired) electrons. The summed E-state index contributed by atoms with van der Waals surface area (Å²) in [5, 5.41) is 19.7. The van der Waals surface area contributed by atoms with E-state index in [9.17, 15) is 15.0 Å². The van der Waals surface area contributed by atoms with Crippen molar-refractivity contribution in [1.82, 2.24) is 0 Å². The minimum atomic E-state index is -0.953. The van der Waals surface area contributed by atoms with E-state index in [4.69, 9.17) is 4.74 Å². The highest BCUT2D eigenvalue weighted by atomic mass is 16.6. The van der Waals surface area contributed by atoms with E-state index < -0.39 is 17.8 Å². The molecule has 0 aromatic carbocycles. The standard InChI is InChI=1S/C17H22O4/c1-4-5-6-7-12-13(10-18)14(19)16-17(21-16,15(12)20)9-8-11(2)3/h4-8,14,16,18-19H,9-10H2,1-3H3. The van der Waals surface area contributed by atoms with Gasteiger partial charge >= 0.3 is 0 Å². The van der Waals surface area contributed by atoms with Crippen molar-refractivity contribution in [1.29, 1.82) is 0 Å². The molecule has 0 spiro atoms. The van der Waals surface area contributed by atoms with Gasteiger partial charge in [0.25, 0.3) is 0 Å². The number of ether oxygens (including phenoxy) is 1. The van der Waals surface area contributed by atoms with Gasteiger partial charge in [-0.2, -0.15) is 0 Å². The first-order chi connectivity index (χ1) is 9.97. The highest BCUT2D eigenvalue weighted by Gasteiger charge is 2.67. The molecule has 0 saturated carbocycles. The van der Waals surface area contributed by atoms with E-state index in [1.54, 1.807) is 18.2 Å². The lowest BCUT2D eigenvalue weighted by atomic mass is 9.79. The first-order valence-corrected chi connectivity index (χ1v) is 7.15. The smallest absolute Gasteiger partial charge is 0.197 e. The minimum absolute atomic E-state index is 0.153. The molecule has 3 unspecified atom stereocenters. The van der Waals surface area contributed by atoms with E-state index in [1.807, 2.05) is 32.9 Å². The third-order valence-electron chi connectivity index (χ3n) is 3.91. The number of ketones is 1. The van der Waals surface area contributed by atoms with Gasteiger partial charge in [-0.05, 0) is 26.3 Å². The number of hydrogen-bond donors (Lipinski definition) is 2. The van der Waals surface area contributed by atoms with Crippen molar-refractivity contribution in [3.05, 3.63) is 47.1 Å². The number of carbonyl (C=O) groups excluding carboxylic acids is 1. The molecule has 1 saturated heterocycles. The summed E-state index contributed by atoms with van der Waals surface area (Å²) >= 11 is 0. The second kappa shape index (κ2) is 6.10. The lowest BCUT2D eigenvalue weighted by Crippen LogP contribution is -2.40. The molecule has 1 aliphatic heterocycles. The van der Waals surface area contributed by atoms with E-state index in [2.05, 4.69) is 0 Å². The second-order valence-electron chi connectivity index (χ2n) is 5.67. The summed E-state index contributed by atoms with van der Waals surface area (Å²) in [5.74, 6) is -0.153. The molecular formula is C17H22O4. The fourth-order valence-corrected chi connectivity index (χ4v) is 2.65. The van der Waals surface area contributed by atoms with Crippen molar-refractivity contribution in [2.75, 3.05) is 6.61 Å². The Bertz CT molecular complexity index is 549. The van der Waals surface area contributed by atoms with Gasteiger partial charge in [-0.1, -0.05) is 36.0 Å². The molecule has 4 nitrogen and oxygen atoms in total. The lowest BCUT2D eigenvalue weighted by Gasteiger charge is -2.23. The van der Waals surface area contributed by atoms with Crippen LogP contribution in [-0.4, -0.2) is 40.4 Å². The zero-order chi connectivity index (χ0) is 15.6. The van der Waals surface area contributed by atoms with Crippen molar-refractivity contribution in [2.24, 2.45) is 0 Å². The van der Waals surface area contributed by atoms with Gasteiger partial charge in [-0.25, -0.2) is 0 Å². The molecule has 0 aromatic heterocycles. The van der Waals surface area contributed by atoms with Crippen LogP contribution in [-0.2, 0) is 9.53 Å². The van der Waals surface area contributed by atoms with E-state index >= 15 is 0 Å². The Morgan fingerprint density at radius 1 is 1.38 bits per heavy atom. The van der Waals surface area contributed by atoms with E-state index in [0.717, 1.165) is 5.57 Å². The van der Waals surface area contributed by atoms with Gasteiger partial charge in [-0.15, -0.1) is 0 Å². The van der Waals surface area contributed by atoms with Crippen LogP contribution in [0, 0.1) is 0 Å². The summed E-state index contributed by atoms with van der Waals surface area (Å²) in [6.07, 6.45) is 7.94. The number of fused-ring (bicyclic) bond motifs is 1. The molecule has 114 valence electrons. The number of carbonyl (C=O) groups is 1. The van der Waals surface area contributed by atoms with Crippen molar-refractivity contribution >= 4 is 5.78 Å². The summed E-state index contributed by atoms with van der Waals surface area (Å²) in [5.41, 5.74) is 0.851. The van der Waals surface area contributed by atoms with Crippen LogP contribution in [0.2, 0.25) is 0 Å². The quantitative estimate of drug-likeness (QED) is 0.460. The fraction of sp³-hybridized carbons (Fsp3) is 0.471. The monoisotopic (exact) mass is 290 g/mol. The van der Waals surface area contributed by atoms with Crippen LogP contribution in [0.5, 0.6) is 0 Å². The molecule has 3 atom stereocenters. The molecular weight excluding hydrogens is 268 g/mol. The number of aliphatic hydroxyl groups is 2. The SMILES string of the molecule is CC=CC=CC1=C(CO)C(O)C2OC2(CC=C(C)C)C1=O. The predicted molar refractivity (Wildman–Crippen MR) is 80.7 cm³/mol. The summed E-state index contributed by atoms with van der Waals surface area (Å²) in [7, 11) is 0. The molecule has 4 heteroatoms. The molecule has 0 bridgehead atoms. The van der Waals surface area contributed by atoms with Gasteiger partial charge < -0.3 is 14.9 Å². The van der Waals surface area contributed by atoms with Crippen LogP contribution in [0.25, 0.3) is 0 Å². The first kappa shape index (κ1) is 15.9. The molecule has 0 aromatic rings. The van der Waals surface area contributed by atoms with Crippen LogP contribution < -0.4 is 0 Å². The second-order valence-corrected chi connectivity index (χ2v) is 5.67.